The smallest absolute Gasteiger partial charge is 0.150 e. The summed E-state index contributed by atoms with van der Waals surface area (Å²) in [5.41, 5.74) is 0. The van der Waals surface area contributed by atoms with Gasteiger partial charge in [-0.2, -0.15) is 0 Å². The van der Waals surface area contributed by atoms with Crippen LogP contribution in [-0.2, 0) is 9.84 Å². The van der Waals surface area contributed by atoms with Crippen molar-refractivity contribution >= 4 is 9.84 Å². The highest BCUT2D eigenvalue weighted by atomic mass is 32.2. The van der Waals surface area contributed by atoms with Crippen LogP contribution in [0.2, 0.25) is 0 Å². The van der Waals surface area contributed by atoms with Gasteiger partial charge in [0.1, 0.15) is 9.84 Å². The SMILES string of the molecule is CCCS(=O)(=O)CCC1CCCCC1CNC(C)C. The van der Waals surface area contributed by atoms with Crippen LogP contribution in [0.15, 0.2) is 0 Å². The van der Waals surface area contributed by atoms with E-state index in [9.17, 15) is 8.42 Å². The lowest BCUT2D eigenvalue weighted by Gasteiger charge is -2.32. The van der Waals surface area contributed by atoms with Crippen LogP contribution in [0, 0.1) is 11.8 Å². The minimum atomic E-state index is -2.81. The molecular formula is C15H31NO2S. The second-order valence-corrected chi connectivity index (χ2v) is 8.61. The predicted octanol–water partition coefficient (Wildman–Crippen LogP) is 3.01. The lowest BCUT2D eigenvalue weighted by atomic mass is 9.78. The first-order valence-electron chi connectivity index (χ1n) is 7.88. The van der Waals surface area contributed by atoms with Crippen molar-refractivity contribution in [3.8, 4) is 0 Å². The van der Waals surface area contributed by atoms with Crippen molar-refractivity contribution in [2.45, 2.75) is 65.3 Å². The molecule has 0 spiro atoms. The third-order valence-electron chi connectivity index (χ3n) is 4.17. The Balaban J connectivity index is 2.44. The monoisotopic (exact) mass is 289 g/mol. The van der Waals surface area contributed by atoms with E-state index < -0.39 is 9.84 Å². The molecule has 19 heavy (non-hydrogen) atoms. The molecule has 0 radical (unpaired) electrons. The zero-order valence-corrected chi connectivity index (χ0v) is 13.6. The number of hydrogen-bond acceptors (Lipinski definition) is 3. The first kappa shape index (κ1) is 17.0. The third-order valence-corrected chi connectivity index (χ3v) is 6.06. The maximum atomic E-state index is 11.8. The summed E-state index contributed by atoms with van der Waals surface area (Å²) in [7, 11) is -2.81. The van der Waals surface area contributed by atoms with Crippen LogP contribution in [0.3, 0.4) is 0 Å². The van der Waals surface area contributed by atoms with Gasteiger partial charge in [0.05, 0.1) is 5.75 Å². The van der Waals surface area contributed by atoms with Crippen LogP contribution in [0.4, 0.5) is 0 Å². The van der Waals surface area contributed by atoms with E-state index in [4.69, 9.17) is 0 Å². The van der Waals surface area contributed by atoms with E-state index in [2.05, 4.69) is 19.2 Å². The van der Waals surface area contributed by atoms with Gasteiger partial charge in [-0.15, -0.1) is 0 Å². The van der Waals surface area contributed by atoms with E-state index >= 15 is 0 Å². The molecule has 0 aromatic carbocycles. The molecule has 1 fully saturated rings. The largest absolute Gasteiger partial charge is 0.314 e. The Kier molecular flexibility index (Phi) is 7.37. The highest BCUT2D eigenvalue weighted by Gasteiger charge is 2.26. The van der Waals surface area contributed by atoms with E-state index in [0.29, 0.717) is 29.4 Å². The summed E-state index contributed by atoms with van der Waals surface area (Å²) in [6, 6.07) is 0.520. The quantitative estimate of drug-likeness (QED) is 0.747. The molecule has 1 rings (SSSR count). The number of nitrogens with one attached hydrogen (secondary N) is 1. The van der Waals surface area contributed by atoms with Gasteiger partial charge in [-0.25, -0.2) is 8.42 Å². The van der Waals surface area contributed by atoms with Crippen molar-refractivity contribution in [1.29, 1.82) is 0 Å². The Morgan fingerprint density at radius 1 is 1.11 bits per heavy atom. The highest BCUT2D eigenvalue weighted by Crippen LogP contribution is 2.32. The summed E-state index contributed by atoms with van der Waals surface area (Å²) in [6.07, 6.45) is 6.67. The van der Waals surface area contributed by atoms with Crippen LogP contribution in [0.5, 0.6) is 0 Å². The van der Waals surface area contributed by atoms with Crippen molar-refractivity contribution in [2.24, 2.45) is 11.8 Å². The van der Waals surface area contributed by atoms with Gasteiger partial charge in [0, 0.05) is 11.8 Å². The molecule has 2 atom stereocenters. The first-order valence-corrected chi connectivity index (χ1v) is 9.70. The summed E-state index contributed by atoms with van der Waals surface area (Å²) in [4.78, 5) is 0. The molecule has 114 valence electrons. The van der Waals surface area contributed by atoms with Crippen LogP contribution < -0.4 is 5.32 Å². The van der Waals surface area contributed by atoms with Crippen molar-refractivity contribution < 1.29 is 8.42 Å². The zero-order valence-electron chi connectivity index (χ0n) is 12.8. The molecule has 1 aliphatic carbocycles. The molecule has 0 bridgehead atoms. The molecule has 0 aromatic rings. The van der Waals surface area contributed by atoms with Crippen molar-refractivity contribution in [1.82, 2.24) is 5.32 Å². The van der Waals surface area contributed by atoms with E-state index in [1.54, 1.807) is 0 Å². The van der Waals surface area contributed by atoms with E-state index in [0.717, 1.165) is 19.4 Å². The minimum Gasteiger partial charge on any atom is -0.314 e. The summed E-state index contributed by atoms with van der Waals surface area (Å²) in [5, 5.41) is 3.52. The predicted molar refractivity (Wildman–Crippen MR) is 82.1 cm³/mol. The molecule has 1 N–H and O–H groups in total. The third kappa shape index (κ3) is 6.75. The average Bonchev–Trinajstić information content (AvgIpc) is 2.35. The van der Waals surface area contributed by atoms with Gasteiger partial charge in [-0.05, 0) is 37.6 Å². The molecule has 4 heteroatoms. The van der Waals surface area contributed by atoms with Crippen molar-refractivity contribution in [3.63, 3.8) is 0 Å². The maximum Gasteiger partial charge on any atom is 0.150 e. The molecule has 0 aromatic heterocycles. The van der Waals surface area contributed by atoms with Gasteiger partial charge >= 0.3 is 0 Å². The molecule has 1 saturated carbocycles. The van der Waals surface area contributed by atoms with Gasteiger partial charge in [0.2, 0.25) is 0 Å². The van der Waals surface area contributed by atoms with Crippen LogP contribution in [0.1, 0.15) is 59.3 Å². The molecule has 2 unspecified atom stereocenters. The molecule has 0 amide bonds. The zero-order chi connectivity index (χ0) is 14.3. The summed E-state index contributed by atoms with van der Waals surface area (Å²) >= 11 is 0. The Bertz CT molecular complexity index is 338. The number of hydrogen-bond donors (Lipinski definition) is 1. The van der Waals surface area contributed by atoms with Crippen LogP contribution in [-0.4, -0.2) is 32.5 Å². The Hall–Kier alpha value is -0.0900. The molecule has 1 aliphatic rings. The lowest BCUT2D eigenvalue weighted by molar-refractivity contribution is 0.221. The fourth-order valence-electron chi connectivity index (χ4n) is 3.06. The van der Waals surface area contributed by atoms with Gasteiger partial charge < -0.3 is 5.32 Å². The topological polar surface area (TPSA) is 46.2 Å². The summed E-state index contributed by atoms with van der Waals surface area (Å²) in [5.74, 6) is 2.03. The minimum absolute atomic E-state index is 0.356. The molecule has 3 nitrogen and oxygen atoms in total. The fourth-order valence-corrected chi connectivity index (χ4v) is 4.55. The standard InChI is InChI=1S/C15H31NO2S/c1-4-10-19(17,18)11-9-14-7-5-6-8-15(14)12-16-13(2)3/h13-16H,4-12H2,1-3H3. The summed E-state index contributed by atoms with van der Waals surface area (Å²) < 4.78 is 23.7. The second-order valence-electron chi connectivity index (χ2n) is 6.31. The normalized spacial score (nSPS) is 24.8. The van der Waals surface area contributed by atoms with E-state index in [1.165, 1.54) is 25.7 Å². The van der Waals surface area contributed by atoms with Crippen LogP contribution >= 0.6 is 0 Å². The van der Waals surface area contributed by atoms with Gasteiger partial charge in [-0.3, -0.25) is 0 Å². The maximum absolute atomic E-state index is 11.8. The van der Waals surface area contributed by atoms with Crippen molar-refractivity contribution in [3.05, 3.63) is 0 Å². The van der Waals surface area contributed by atoms with Crippen LogP contribution in [0.25, 0.3) is 0 Å². The second kappa shape index (κ2) is 8.25. The molecular weight excluding hydrogens is 258 g/mol. The van der Waals surface area contributed by atoms with E-state index in [-0.39, 0.29) is 0 Å². The molecule has 0 heterocycles. The Morgan fingerprint density at radius 3 is 2.32 bits per heavy atom. The average molecular weight is 289 g/mol. The van der Waals surface area contributed by atoms with Crippen molar-refractivity contribution in [2.75, 3.05) is 18.1 Å². The van der Waals surface area contributed by atoms with Gasteiger partial charge in [0.15, 0.2) is 0 Å². The summed E-state index contributed by atoms with van der Waals surface area (Å²) in [6.45, 7) is 7.33. The molecule has 0 aliphatic heterocycles. The Morgan fingerprint density at radius 2 is 1.74 bits per heavy atom. The number of rotatable bonds is 8. The highest BCUT2D eigenvalue weighted by molar-refractivity contribution is 7.91. The van der Waals surface area contributed by atoms with E-state index in [1.807, 2.05) is 6.92 Å². The first-order chi connectivity index (χ1) is 8.94. The molecule has 0 saturated heterocycles. The number of sulfone groups is 1. The Labute approximate surface area is 119 Å². The lowest BCUT2D eigenvalue weighted by Crippen LogP contribution is -2.35. The van der Waals surface area contributed by atoms with Gasteiger partial charge in [-0.1, -0.05) is 40.0 Å². The fraction of sp³-hybridized carbons (Fsp3) is 1.00. The van der Waals surface area contributed by atoms with Gasteiger partial charge in [0.25, 0.3) is 0 Å².